The number of aromatic nitrogens is 1. The standard InChI is InChI=1S/C17H15NO/c19-17(14-7-2-1-3-8-14)15-9-6-10-16(13-15)18-11-4-5-12-18/h1-13,17,19H/t17-/m1/s1. The molecular weight excluding hydrogens is 234 g/mol. The minimum atomic E-state index is -0.586. The van der Waals surface area contributed by atoms with Gasteiger partial charge >= 0.3 is 0 Å². The van der Waals surface area contributed by atoms with Crippen molar-refractivity contribution in [1.29, 1.82) is 0 Å². The lowest BCUT2D eigenvalue weighted by Gasteiger charge is -2.13. The van der Waals surface area contributed by atoms with Crippen LogP contribution in [0, 0.1) is 0 Å². The predicted molar refractivity (Wildman–Crippen MR) is 76.3 cm³/mol. The van der Waals surface area contributed by atoms with Gasteiger partial charge in [0, 0.05) is 18.1 Å². The maximum absolute atomic E-state index is 10.4. The van der Waals surface area contributed by atoms with Crippen molar-refractivity contribution in [3.05, 3.63) is 90.3 Å². The van der Waals surface area contributed by atoms with Crippen LogP contribution in [0.3, 0.4) is 0 Å². The van der Waals surface area contributed by atoms with Crippen LogP contribution in [0.2, 0.25) is 0 Å². The molecule has 0 saturated carbocycles. The van der Waals surface area contributed by atoms with E-state index in [-0.39, 0.29) is 0 Å². The van der Waals surface area contributed by atoms with E-state index in [0.29, 0.717) is 0 Å². The molecule has 0 bridgehead atoms. The Hall–Kier alpha value is -2.32. The molecule has 94 valence electrons. The Kier molecular flexibility index (Phi) is 3.17. The fraction of sp³-hybridized carbons (Fsp3) is 0.0588. The third kappa shape index (κ3) is 2.44. The molecule has 1 atom stereocenters. The molecule has 2 nitrogen and oxygen atoms in total. The highest BCUT2D eigenvalue weighted by atomic mass is 16.3. The highest BCUT2D eigenvalue weighted by Crippen LogP contribution is 2.23. The van der Waals surface area contributed by atoms with Crippen LogP contribution in [0.4, 0.5) is 0 Å². The first-order valence-corrected chi connectivity index (χ1v) is 6.31. The van der Waals surface area contributed by atoms with Crippen molar-refractivity contribution in [2.75, 3.05) is 0 Å². The molecule has 0 aliphatic carbocycles. The molecule has 0 aliphatic rings. The lowest BCUT2D eigenvalue weighted by molar-refractivity contribution is 0.220. The fourth-order valence-corrected chi connectivity index (χ4v) is 2.19. The molecule has 1 N–H and O–H groups in total. The molecule has 0 unspecified atom stereocenters. The Morgan fingerprint density at radius 1 is 0.737 bits per heavy atom. The summed E-state index contributed by atoms with van der Waals surface area (Å²) in [6, 6.07) is 21.6. The van der Waals surface area contributed by atoms with E-state index in [1.165, 1.54) is 0 Å². The van der Waals surface area contributed by atoms with Crippen molar-refractivity contribution in [1.82, 2.24) is 4.57 Å². The molecule has 19 heavy (non-hydrogen) atoms. The monoisotopic (exact) mass is 249 g/mol. The van der Waals surface area contributed by atoms with Gasteiger partial charge in [0.05, 0.1) is 0 Å². The summed E-state index contributed by atoms with van der Waals surface area (Å²) < 4.78 is 2.03. The summed E-state index contributed by atoms with van der Waals surface area (Å²) in [5.41, 5.74) is 2.86. The Morgan fingerprint density at radius 2 is 1.42 bits per heavy atom. The van der Waals surface area contributed by atoms with Crippen LogP contribution < -0.4 is 0 Å². The van der Waals surface area contributed by atoms with E-state index in [1.54, 1.807) is 0 Å². The Labute approximate surface area is 112 Å². The number of aliphatic hydroxyl groups is 1. The van der Waals surface area contributed by atoms with Crippen LogP contribution in [0.1, 0.15) is 17.2 Å². The van der Waals surface area contributed by atoms with Gasteiger partial charge in [-0.05, 0) is 35.4 Å². The van der Waals surface area contributed by atoms with E-state index in [4.69, 9.17) is 0 Å². The quantitative estimate of drug-likeness (QED) is 0.754. The molecule has 0 spiro atoms. The first-order chi connectivity index (χ1) is 9.34. The molecule has 0 fully saturated rings. The van der Waals surface area contributed by atoms with Crippen LogP contribution in [0.5, 0.6) is 0 Å². The third-order valence-electron chi connectivity index (χ3n) is 3.20. The first-order valence-electron chi connectivity index (χ1n) is 6.31. The minimum Gasteiger partial charge on any atom is -0.384 e. The molecule has 1 heterocycles. The van der Waals surface area contributed by atoms with Crippen molar-refractivity contribution in [2.45, 2.75) is 6.10 Å². The molecule has 0 saturated heterocycles. The van der Waals surface area contributed by atoms with Gasteiger partial charge < -0.3 is 9.67 Å². The molecule has 1 aromatic heterocycles. The molecule has 0 radical (unpaired) electrons. The third-order valence-corrected chi connectivity index (χ3v) is 3.20. The van der Waals surface area contributed by atoms with Gasteiger partial charge in [-0.15, -0.1) is 0 Å². The minimum absolute atomic E-state index is 0.586. The fourth-order valence-electron chi connectivity index (χ4n) is 2.19. The maximum atomic E-state index is 10.4. The molecule has 0 aliphatic heterocycles. The number of rotatable bonds is 3. The summed E-state index contributed by atoms with van der Waals surface area (Å²) in [6.07, 6.45) is 3.40. The summed E-state index contributed by atoms with van der Waals surface area (Å²) in [4.78, 5) is 0. The summed E-state index contributed by atoms with van der Waals surface area (Å²) in [5, 5.41) is 10.4. The summed E-state index contributed by atoms with van der Waals surface area (Å²) in [6.45, 7) is 0. The van der Waals surface area contributed by atoms with Gasteiger partial charge in [-0.2, -0.15) is 0 Å². The van der Waals surface area contributed by atoms with Crippen LogP contribution in [0.15, 0.2) is 79.1 Å². The normalized spacial score (nSPS) is 12.3. The summed E-state index contributed by atoms with van der Waals surface area (Å²) in [5.74, 6) is 0. The van der Waals surface area contributed by atoms with Gasteiger partial charge in [-0.3, -0.25) is 0 Å². The van der Waals surface area contributed by atoms with Gasteiger partial charge in [-0.25, -0.2) is 0 Å². The zero-order chi connectivity index (χ0) is 13.1. The van der Waals surface area contributed by atoms with E-state index in [1.807, 2.05) is 83.7 Å². The average Bonchev–Trinajstić information content (AvgIpc) is 3.02. The van der Waals surface area contributed by atoms with Crippen molar-refractivity contribution in [3.8, 4) is 5.69 Å². The Bertz CT molecular complexity index is 644. The lowest BCUT2D eigenvalue weighted by atomic mass is 10.0. The zero-order valence-electron chi connectivity index (χ0n) is 10.5. The van der Waals surface area contributed by atoms with E-state index in [2.05, 4.69) is 0 Å². The van der Waals surface area contributed by atoms with Crippen LogP contribution in [0.25, 0.3) is 5.69 Å². The molecule has 2 heteroatoms. The van der Waals surface area contributed by atoms with Crippen LogP contribution in [-0.2, 0) is 0 Å². The van der Waals surface area contributed by atoms with Crippen LogP contribution in [-0.4, -0.2) is 9.67 Å². The highest BCUT2D eigenvalue weighted by molar-refractivity contribution is 5.40. The van der Waals surface area contributed by atoms with E-state index < -0.39 is 6.10 Å². The second-order valence-corrected chi connectivity index (χ2v) is 4.50. The first kappa shape index (κ1) is 11.8. The SMILES string of the molecule is O[C@H](c1ccccc1)c1cccc(-n2cccc2)c1. The molecule has 3 rings (SSSR count). The zero-order valence-corrected chi connectivity index (χ0v) is 10.5. The molecule has 0 amide bonds. The van der Waals surface area contributed by atoms with Crippen molar-refractivity contribution < 1.29 is 5.11 Å². The number of aliphatic hydroxyl groups excluding tert-OH is 1. The van der Waals surface area contributed by atoms with Crippen LogP contribution >= 0.6 is 0 Å². The molecule has 2 aromatic carbocycles. The smallest absolute Gasteiger partial charge is 0.104 e. The number of hydrogen-bond donors (Lipinski definition) is 1. The molecule has 3 aromatic rings. The van der Waals surface area contributed by atoms with E-state index >= 15 is 0 Å². The van der Waals surface area contributed by atoms with E-state index in [0.717, 1.165) is 16.8 Å². The maximum Gasteiger partial charge on any atom is 0.104 e. The van der Waals surface area contributed by atoms with Gasteiger partial charge in [0.1, 0.15) is 6.10 Å². The van der Waals surface area contributed by atoms with Gasteiger partial charge in [0.25, 0.3) is 0 Å². The lowest BCUT2D eigenvalue weighted by Crippen LogP contribution is -2.00. The van der Waals surface area contributed by atoms with Crippen molar-refractivity contribution >= 4 is 0 Å². The summed E-state index contributed by atoms with van der Waals surface area (Å²) >= 11 is 0. The predicted octanol–water partition coefficient (Wildman–Crippen LogP) is 3.56. The summed E-state index contributed by atoms with van der Waals surface area (Å²) in [7, 11) is 0. The Morgan fingerprint density at radius 3 is 2.16 bits per heavy atom. The second-order valence-electron chi connectivity index (χ2n) is 4.50. The van der Waals surface area contributed by atoms with Crippen molar-refractivity contribution in [3.63, 3.8) is 0 Å². The van der Waals surface area contributed by atoms with Gasteiger partial charge in [-0.1, -0.05) is 42.5 Å². The topological polar surface area (TPSA) is 25.2 Å². The number of benzene rings is 2. The van der Waals surface area contributed by atoms with Gasteiger partial charge in [0.15, 0.2) is 0 Å². The van der Waals surface area contributed by atoms with E-state index in [9.17, 15) is 5.11 Å². The highest BCUT2D eigenvalue weighted by Gasteiger charge is 2.10. The molecular formula is C17H15NO. The number of hydrogen-bond acceptors (Lipinski definition) is 1. The number of nitrogens with zero attached hydrogens (tertiary/aromatic N) is 1. The largest absolute Gasteiger partial charge is 0.384 e. The van der Waals surface area contributed by atoms with Gasteiger partial charge in [0.2, 0.25) is 0 Å². The second kappa shape index (κ2) is 5.12. The van der Waals surface area contributed by atoms with Crippen molar-refractivity contribution in [2.24, 2.45) is 0 Å². The average molecular weight is 249 g/mol. The Balaban J connectivity index is 1.96.